The molecule has 0 saturated heterocycles. The van der Waals surface area contributed by atoms with Crippen LogP contribution in [0.4, 0.5) is 0 Å². The molecule has 1 N–H and O–H groups in total. The number of nitrogens with zero attached hydrogens (tertiary/aromatic N) is 3. The summed E-state index contributed by atoms with van der Waals surface area (Å²) in [7, 11) is 0. The standard InChI is InChI=1S/C15H10N4OS/c1-8(20)21-15-17-11-6-7-16-13-9-4-2-3-5-10(9)14(12(11)13)18-19-15/h2-7,16H,1H3. The first-order valence-electron chi connectivity index (χ1n) is 6.44. The molecular weight excluding hydrogens is 284 g/mol. The third-order valence-electron chi connectivity index (χ3n) is 3.35. The normalized spacial score (nSPS) is 11.5. The fourth-order valence-electron chi connectivity index (χ4n) is 2.57. The molecule has 4 rings (SSSR count). The van der Waals surface area contributed by atoms with Crippen molar-refractivity contribution in [3.8, 4) is 0 Å². The van der Waals surface area contributed by atoms with Gasteiger partial charge in [0, 0.05) is 23.9 Å². The van der Waals surface area contributed by atoms with Gasteiger partial charge in [-0.15, -0.1) is 10.2 Å². The average Bonchev–Trinajstić information content (AvgIpc) is 2.67. The second-order valence-corrected chi connectivity index (χ2v) is 5.84. The van der Waals surface area contributed by atoms with Crippen molar-refractivity contribution in [3.05, 3.63) is 36.5 Å². The lowest BCUT2D eigenvalue weighted by Gasteiger charge is -1.94. The van der Waals surface area contributed by atoms with Crippen LogP contribution in [0.25, 0.3) is 32.7 Å². The van der Waals surface area contributed by atoms with E-state index in [9.17, 15) is 4.79 Å². The predicted octanol–water partition coefficient (Wildman–Crippen LogP) is 3.30. The molecule has 0 atom stereocenters. The van der Waals surface area contributed by atoms with Gasteiger partial charge >= 0.3 is 0 Å². The molecule has 6 heteroatoms. The Hall–Kier alpha value is -2.47. The number of rotatable bonds is 1. The highest BCUT2D eigenvalue weighted by molar-refractivity contribution is 8.13. The van der Waals surface area contributed by atoms with E-state index in [0.717, 1.165) is 44.5 Å². The van der Waals surface area contributed by atoms with Gasteiger partial charge in [0.15, 0.2) is 5.12 Å². The van der Waals surface area contributed by atoms with E-state index in [1.54, 1.807) is 0 Å². The van der Waals surface area contributed by atoms with E-state index in [-0.39, 0.29) is 5.12 Å². The number of hydrogen-bond acceptors (Lipinski definition) is 5. The molecular formula is C15H10N4OS. The summed E-state index contributed by atoms with van der Waals surface area (Å²) in [5.41, 5.74) is 2.58. The smallest absolute Gasteiger partial charge is 0.217 e. The maximum absolute atomic E-state index is 11.3. The predicted molar refractivity (Wildman–Crippen MR) is 83.2 cm³/mol. The molecule has 0 unspecified atom stereocenters. The van der Waals surface area contributed by atoms with Crippen LogP contribution in [0.15, 0.2) is 41.7 Å². The van der Waals surface area contributed by atoms with Crippen LogP contribution in [-0.4, -0.2) is 25.3 Å². The van der Waals surface area contributed by atoms with E-state index < -0.39 is 0 Å². The number of benzene rings is 1. The molecule has 2 aromatic carbocycles. The van der Waals surface area contributed by atoms with E-state index in [4.69, 9.17) is 0 Å². The number of aromatic amines is 1. The van der Waals surface area contributed by atoms with Gasteiger partial charge in [0.2, 0.25) is 5.16 Å². The molecule has 0 aliphatic rings. The molecule has 0 fully saturated rings. The van der Waals surface area contributed by atoms with Crippen molar-refractivity contribution in [2.45, 2.75) is 12.1 Å². The summed E-state index contributed by atoms with van der Waals surface area (Å²) in [6.45, 7) is 1.49. The Bertz CT molecular complexity index is 1010. The maximum Gasteiger partial charge on any atom is 0.217 e. The van der Waals surface area contributed by atoms with Crippen LogP contribution < -0.4 is 0 Å². The Kier molecular flexibility index (Phi) is 2.65. The minimum Gasteiger partial charge on any atom is -0.360 e. The summed E-state index contributed by atoms with van der Waals surface area (Å²) in [6.07, 6.45) is 1.85. The van der Waals surface area contributed by atoms with Crippen LogP contribution in [-0.2, 0) is 4.79 Å². The molecule has 21 heavy (non-hydrogen) atoms. The fraction of sp³-hybridized carbons (Fsp3) is 0.0667. The Balaban J connectivity index is 2.20. The van der Waals surface area contributed by atoms with Crippen LogP contribution in [0.2, 0.25) is 0 Å². The quantitative estimate of drug-likeness (QED) is 0.545. The van der Waals surface area contributed by atoms with Crippen molar-refractivity contribution in [2.75, 3.05) is 0 Å². The summed E-state index contributed by atoms with van der Waals surface area (Å²) >= 11 is 0.993. The van der Waals surface area contributed by atoms with Gasteiger partial charge in [0.25, 0.3) is 0 Å². The van der Waals surface area contributed by atoms with Crippen molar-refractivity contribution in [2.24, 2.45) is 0 Å². The minimum absolute atomic E-state index is 0.0575. The van der Waals surface area contributed by atoms with Crippen molar-refractivity contribution < 1.29 is 4.79 Å². The molecule has 102 valence electrons. The van der Waals surface area contributed by atoms with E-state index in [0.29, 0.717) is 5.16 Å². The molecule has 2 heterocycles. The van der Waals surface area contributed by atoms with Gasteiger partial charge in [0.1, 0.15) is 5.52 Å². The number of carbonyl (C=O) groups excluding carboxylic acids is 1. The zero-order valence-corrected chi connectivity index (χ0v) is 11.9. The van der Waals surface area contributed by atoms with Crippen molar-refractivity contribution >= 4 is 49.6 Å². The third kappa shape index (κ3) is 1.87. The highest BCUT2D eigenvalue weighted by atomic mass is 32.2. The summed E-state index contributed by atoms with van der Waals surface area (Å²) in [6, 6.07) is 9.92. The number of carbonyl (C=O) groups is 1. The number of H-pyrrole nitrogens is 1. The first kappa shape index (κ1) is 12.3. The van der Waals surface area contributed by atoms with E-state index in [2.05, 4.69) is 20.2 Å². The number of aromatic nitrogens is 4. The molecule has 0 aliphatic heterocycles. The van der Waals surface area contributed by atoms with Gasteiger partial charge in [0.05, 0.1) is 16.4 Å². The van der Waals surface area contributed by atoms with Gasteiger partial charge in [-0.2, -0.15) is 0 Å². The first-order valence-corrected chi connectivity index (χ1v) is 7.26. The molecule has 4 aromatic rings. The van der Waals surface area contributed by atoms with Crippen molar-refractivity contribution in [1.82, 2.24) is 20.2 Å². The Labute approximate surface area is 123 Å². The third-order valence-corrected chi connectivity index (χ3v) is 3.99. The molecule has 0 spiro atoms. The summed E-state index contributed by atoms with van der Waals surface area (Å²) in [5, 5.41) is 11.8. The van der Waals surface area contributed by atoms with Gasteiger partial charge in [-0.25, -0.2) is 4.98 Å². The Morgan fingerprint density at radius 3 is 2.76 bits per heavy atom. The molecule has 0 amide bonds. The zero-order chi connectivity index (χ0) is 14.4. The van der Waals surface area contributed by atoms with Crippen LogP contribution in [0, 0.1) is 0 Å². The molecule has 0 bridgehead atoms. The molecule has 0 radical (unpaired) electrons. The number of nitrogens with one attached hydrogen (secondary N) is 1. The average molecular weight is 294 g/mol. The molecule has 5 nitrogen and oxygen atoms in total. The van der Waals surface area contributed by atoms with Crippen LogP contribution >= 0.6 is 11.8 Å². The molecule has 2 aromatic heterocycles. The lowest BCUT2D eigenvalue weighted by atomic mass is 10.2. The number of hydrogen-bond donors (Lipinski definition) is 1. The van der Waals surface area contributed by atoms with Crippen LogP contribution in [0.1, 0.15) is 6.92 Å². The fourth-order valence-corrected chi connectivity index (χ4v) is 3.05. The minimum atomic E-state index is -0.0575. The van der Waals surface area contributed by atoms with E-state index in [1.165, 1.54) is 6.92 Å². The SMILES string of the molecule is CC(=O)Sc1nnc2c3ccccc3c3[nH]ccc(n1)c23. The van der Waals surface area contributed by atoms with Gasteiger partial charge in [-0.1, -0.05) is 24.3 Å². The van der Waals surface area contributed by atoms with Crippen LogP contribution in [0.5, 0.6) is 0 Å². The highest BCUT2D eigenvalue weighted by Gasteiger charge is 2.14. The van der Waals surface area contributed by atoms with Crippen molar-refractivity contribution in [1.29, 1.82) is 0 Å². The van der Waals surface area contributed by atoms with Gasteiger partial charge < -0.3 is 4.98 Å². The number of fused-ring (bicyclic) bond motifs is 3. The highest BCUT2D eigenvalue weighted by Crippen LogP contribution is 2.34. The monoisotopic (exact) mass is 294 g/mol. The first-order chi connectivity index (χ1) is 10.2. The summed E-state index contributed by atoms with van der Waals surface area (Å²) in [4.78, 5) is 19.0. The maximum atomic E-state index is 11.3. The second kappa shape index (κ2) is 4.53. The van der Waals surface area contributed by atoms with Crippen molar-refractivity contribution in [3.63, 3.8) is 0 Å². The van der Waals surface area contributed by atoms with E-state index in [1.807, 2.05) is 36.5 Å². The molecule has 0 aliphatic carbocycles. The second-order valence-electron chi connectivity index (χ2n) is 4.70. The Morgan fingerprint density at radius 1 is 1.14 bits per heavy atom. The van der Waals surface area contributed by atoms with Gasteiger partial charge in [-0.05, 0) is 17.8 Å². The lowest BCUT2D eigenvalue weighted by molar-refractivity contribution is -0.109. The molecule has 0 saturated carbocycles. The Morgan fingerprint density at radius 2 is 1.95 bits per heavy atom. The number of pyridine rings is 1. The van der Waals surface area contributed by atoms with Crippen LogP contribution in [0.3, 0.4) is 0 Å². The summed E-state index contributed by atoms with van der Waals surface area (Å²) < 4.78 is 0. The summed E-state index contributed by atoms with van der Waals surface area (Å²) in [5.74, 6) is 0. The number of thioether (sulfide) groups is 1. The van der Waals surface area contributed by atoms with Gasteiger partial charge in [-0.3, -0.25) is 4.79 Å². The lowest BCUT2D eigenvalue weighted by Crippen LogP contribution is -1.87. The largest absolute Gasteiger partial charge is 0.360 e. The van der Waals surface area contributed by atoms with E-state index >= 15 is 0 Å². The zero-order valence-electron chi connectivity index (χ0n) is 11.1. The topological polar surface area (TPSA) is 71.5 Å².